The van der Waals surface area contributed by atoms with Crippen molar-refractivity contribution in [3.8, 4) is 0 Å². The lowest BCUT2D eigenvalue weighted by Crippen LogP contribution is -2.20. The monoisotopic (exact) mass is 345 g/mol. The maximum atomic E-state index is 10.8. The van der Waals surface area contributed by atoms with Crippen molar-refractivity contribution in [2.45, 2.75) is 77.7 Å². The summed E-state index contributed by atoms with van der Waals surface area (Å²) in [6, 6.07) is 9.05. The van der Waals surface area contributed by atoms with Gasteiger partial charge >= 0.3 is 5.97 Å². The van der Waals surface area contributed by atoms with Gasteiger partial charge in [-0.05, 0) is 42.9 Å². The highest BCUT2D eigenvalue weighted by Crippen LogP contribution is 2.21. The molecule has 0 aliphatic carbocycles. The molecule has 1 heterocycles. The highest BCUT2D eigenvalue weighted by atomic mass is 16.4. The molecule has 1 fully saturated rings. The van der Waals surface area contributed by atoms with Crippen LogP contribution in [0.2, 0.25) is 0 Å². The SMILES string of the molecule is CCCCCCCCCc1ccc(CN2CCC(CC(=O)O)C2)cc1. The van der Waals surface area contributed by atoms with Gasteiger partial charge in [0.05, 0.1) is 0 Å². The van der Waals surface area contributed by atoms with E-state index in [9.17, 15) is 4.79 Å². The molecule has 140 valence electrons. The number of benzene rings is 1. The van der Waals surface area contributed by atoms with E-state index in [2.05, 4.69) is 36.1 Å². The Balaban J connectivity index is 1.62. The number of aryl methyl sites for hydroxylation is 1. The quantitative estimate of drug-likeness (QED) is 0.524. The van der Waals surface area contributed by atoms with Crippen molar-refractivity contribution in [1.29, 1.82) is 0 Å². The summed E-state index contributed by atoms with van der Waals surface area (Å²) in [7, 11) is 0. The molecule has 0 amide bonds. The Morgan fingerprint density at radius 1 is 1.04 bits per heavy atom. The van der Waals surface area contributed by atoms with Crippen LogP contribution in [0.4, 0.5) is 0 Å². The van der Waals surface area contributed by atoms with Gasteiger partial charge in [0.25, 0.3) is 0 Å². The number of carboxylic acid groups (broad SMARTS) is 1. The van der Waals surface area contributed by atoms with Crippen molar-refractivity contribution in [3.63, 3.8) is 0 Å². The predicted molar refractivity (Wildman–Crippen MR) is 104 cm³/mol. The van der Waals surface area contributed by atoms with Crippen LogP contribution in [0.15, 0.2) is 24.3 Å². The third-order valence-electron chi connectivity index (χ3n) is 5.33. The number of carboxylic acids is 1. The molecule has 0 bridgehead atoms. The summed E-state index contributed by atoms with van der Waals surface area (Å²) >= 11 is 0. The van der Waals surface area contributed by atoms with E-state index in [0.29, 0.717) is 12.3 Å². The van der Waals surface area contributed by atoms with Crippen molar-refractivity contribution in [2.75, 3.05) is 13.1 Å². The molecule has 1 aromatic rings. The van der Waals surface area contributed by atoms with E-state index in [1.807, 2.05) is 0 Å². The van der Waals surface area contributed by atoms with Crippen LogP contribution in [0.25, 0.3) is 0 Å². The Labute approximate surface area is 153 Å². The van der Waals surface area contributed by atoms with Gasteiger partial charge in [0.1, 0.15) is 0 Å². The van der Waals surface area contributed by atoms with E-state index in [4.69, 9.17) is 5.11 Å². The third kappa shape index (κ3) is 8.04. The molecular weight excluding hydrogens is 310 g/mol. The molecule has 1 aliphatic rings. The van der Waals surface area contributed by atoms with Crippen LogP contribution in [-0.4, -0.2) is 29.1 Å². The van der Waals surface area contributed by atoms with Gasteiger partial charge in [-0.1, -0.05) is 69.7 Å². The molecule has 3 heteroatoms. The fourth-order valence-electron chi connectivity index (χ4n) is 3.83. The van der Waals surface area contributed by atoms with Crippen LogP contribution >= 0.6 is 0 Å². The number of rotatable bonds is 12. The first-order chi connectivity index (χ1) is 12.2. The van der Waals surface area contributed by atoms with E-state index < -0.39 is 5.97 Å². The molecule has 2 rings (SSSR count). The van der Waals surface area contributed by atoms with Gasteiger partial charge in [-0.25, -0.2) is 0 Å². The summed E-state index contributed by atoms with van der Waals surface area (Å²) in [4.78, 5) is 13.2. The van der Waals surface area contributed by atoms with Gasteiger partial charge in [0, 0.05) is 19.5 Å². The van der Waals surface area contributed by atoms with Crippen molar-refractivity contribution in [1.82, 2.24) is 4.90 Å². The van der Waals surface area contributed by atoms with Crippen molar-refractivity contribution in [3.05, 3.63) is 35.4 Å². The van der Waals surface area contributed by atoms with Crippen molar-refractivity contribution < 1.29 is 9.90 Å². The Morgan fingerprint density at radius 3 is 2.36 bits per heavy atom. The van der Waals surface area contributed by atoms with Gasteiger partial charge in [0.15, 0.2) is 0 Å². The number of hydrogen-bond donors (Lipinski definition) is 1. The summed E-state index contributed by atoms with van der Waals surface area (Å²) in [5.74, 6) is -0.337. The van der Waals surface area contributed by atoms with Crippen LogP contribution in [0.1, 0.15) is 75.8 Å². The van der Waals surface area contributed by atoms with E-state index in [1.54, 1.807) is 0 Å². The molecule has 1 N–H and O–H groups in total. The molecule has 0 spiro atoms. The molecule has 0 radical (unpaired) electrons. The molecule has 1 saturated heterocycles. The number of aliphatic carboxylic acids is 1. The predicted octanol–water partition coefficient (Wildman–Crippen LogP) is 5.28. The van der Waals surface area contributed by atoms with Gasteiger partial charge in [-0.2, -0.15) is 0 Å². The molecule has 1 aromatic carbocycles. The zero-order valence-electron chi connectivity index (χ0n) is 15.9. The summed E-state index contributed by atoms with van der Waals surface area (Å²) in [5, 5.41) is 8.90. The molecule has 1 unspecified atom stereocenters. The molecular formula is C22H35NO2. The summed E-state index contributed by atoms with van der Waals surface area (Å²) in [6.45, 7) is 5.17. The highest BCUT2D eigenvalue weighted by molar-refractivity contribution is 5.67. The minimum absolute atomic E-state index is 0.313. The fourth-order valence-corrected chi connectivity index (χ4v) is 3.83. The molecule has 1 atom stereocenters. The number of unbranched alkanes of at least 4 members (excludes halogenated alkanes) is 6. The minimum atomic E-state index is -0.665. The highest BCUT2D eigenvalue weighted by Gasteiger charge is 2.24. The lowest BCUT2D eigenvalue weighted by molar-refractivity contribution is -0.138. The smallest absolute Gasteiger partial charge is 0.303 e. The van der Waals surface area contributed by atoms with E-state index in [0.717, 1.165) is 26.1 Å². The summed E-state index contributed by atoms with van der Waals surface area (Å²) < 4.78 is 0. The topological polar surface area (TPSA) is 40.5 Å². The van der Waals surface area contributed by atoms with Crippen LogP contribution in [0, 0.1) is 5.92 Å². The second-order valence-corrected chi connectivity index (χ2v) is 7.68. The minimum Gasteiger partial charge on any atom is -0.481 e. The van der Waals surface area contributed by atoms with Crippen molar-refractivity contribution >= 4 is 5.97 Å². The first kappa shape index (κ1) is 20.0. The standard InChI is InChI=1S/C22H35NO2/c1-2-3-4-5-6-7-8-9-19-10-12-20(13-11-19)17-23-15-14-21(18-23)16-22(24)25/h10-13,21H,2-9,14-18H2,1H3,(H,24,25). The summed E-state index contributed by atoms with van der Waals surface area (Å²) in [5.41, 5.74) is 2.79. The van der Waals surface area contributed by atoms with Gasteiger partial charge in [-0.3, -0.25) is 9.69 Å². The normalized spacial score (nSPS) is 17.9. The number of carbonyl (C=O) groups is 1. The Bertz CT molecular complexity index is 497. The van der Waals surface area contributed by atoms with Gasteiger partial charge in [-0.15, -0.1) is 0 Å². The van der Waals surface area contributed by atoms with Gasteiger partial charge in [0.2, 0.25) is 0 Å². The number of hydrogen-bond acceptors (Lipinski definition) is 2. The molecule has 1 aliphatic heterocycles. The van der Waals surface area contributed by atoms with E-state index >= 15 is 0 Å². The second-order valence-electron chi connectivity index (χ2n) is 7.68. The van der Waals surface area contributed by atoms with E-state index in [-0.39, 0.29) is 0 Å². The average Bonchev–Trinajstić information content (AvgIpc) is 3.01. The number of likely N-dealkylation sites (tertiary alicyclic amines) is 1. The number of nitrogens with zero attached hydrogens (tertiary/aromatic N) is 1. The first-order valence-electron chi connectivity index (χ1n) is 10.2. The zero-order chi connectivity index (χ0) is 17.9. The molecule has 0 aromatic heterocycles. The third-order valence-corrected chi connectivity index (χ3v) is 5.33. The Morgan fingerprint density at radius 2 is 1.68 bits per heavy atom. The largest absolute Gasteiger partial charge is 0.481 e. The first-order valence-corrected chi connectivity index (χ1v) is 10.2. The zero-order valence-corrected chi connectivity index (χ0v) is 15.9. The molecule has 3 nitrogen and oxygen atoms in total. The second kappa shape index (κ2) is 11.3. The van der Waals surface area contributed by atoms with Gasteiger partial charge < -0.3 is 5.11 Å². The fraction of sp³-hybridized carbons (Fsp3) is 0.682. The van der Waals surface area contributed by atoms with Crippen molar-refractivity contribution in [2.24, 2.45) is 5.92 Å². The molecule has 25 heavy (non-hydrogen) atoms. The van der Waals surface area contributed by atoms with Crippen LogP contribution < -0.4 is 0 Å². The maximum absolute atomic E-state index is 10.8. The lowest BCUT2D eigenvalue weighted by atomic mass is 10.0. The maximum Gasteiger partial charge on any atom is 0.303 e. The van der Waals surface area contributed by atoms with E-state index in [1.165, 1.54) is 62.5 Å². The average molecular weight is 346 g/mol. The Kier molecular flexibility index (Phi) is 9.03. The lowest BCUT2D eigenvalue weighted by Gasteiger charge is -2.16. The van der Waals surface area contributed by atoms with Crippen LogP contribution in [0.5, 0.6) is 0 Å². The van der Waals surface area contributed by atoms with Crippen LogP contribution in [0.3, 0.4) is 0 Å². The van der Waals surface area contributed by atoms with Crippen LogP contribution in [-0.2, 0) is 17.8 Å². The Hall–Kier alpha value is -1.35. The molecule has 0 saturated carbocycles. The summed E-state index contributed by atoms with van der Waals surface area (Å²) in [6.07, 6.45) is 12.1.